The molecule has 1 aromatic rings. The van der Waals surface area contributed by atoms with Gasteiger partial charge in [-0.05, 0) is 27.7 Å². The maximum absolute atomic E-state index is 10.3. The fourth-order valence-electron chi connectivity index (χ4n) is 1.14. The van der Waals surface area contributed by atoms with Gasteiger partial charge in [0, 0.05) is 6.42 Å². The Morgan fingerprint density at radius 2 is 1.73 bits per heavy atom. The molecule has 0 aliphatic carbocycles. The Hall–Kier alpha value is -1.15. The molecule has 15 heavy (non-hydrogen) atoms. The van der Waals surface area contributed by atoms with Crippen LogP contribution in [0.5, 0.6) is 0 Å². The minimum atomic E-state index is -0.828. The van der Waals surface area contributed by atoms with Crippen LogP contribution in [0, 0.1) is 6.92 Å². The van der Waals surface area contributed by atoms with E-state index in [1.165, 1.54) is 12.5 Å². The first kappa shape index (κ1) is 13.8. The molecule has 2 heteroatoms. The van der Waals surface area contributed by atoms with Crippen LogP contribution in [0.15, 0.2) is 30.3 Å². The first-order valence-electron chi connectivity index (χ1n) is 5.05. The van der Waals surface area contributed by atoms with Crippen LogP contribution in [0.3, 0.4) is 0 Å². The first-order valence-corrected chi connectivity index (χ1v) is 5.05. The van der Waals surface area contributed by atoms with E-state index in [-0.39, 0.29) is 12.2 Å². The minimum Gasteiger partial charge on any atom is -0.390 e. The largest absolute Gasteiger partial charge is 0.390 e. The van der Waals surface area contributed by atoms with Crippen LogP contribution in [0.2, 0.25) is 0 Å². The van der Waals surface area contributed by atoms with Crippen molar-refractivity contribution >= 4 is 5.78 Å². The number of aryl methyl sites for hydroxylation is 1. The minimum absolute atomic E-state index is 0.0255. The van der Waals surface area contributed by atoms with Gasteiger partial charge in [0.15, 0.2) is 0 Å². The Balaban J connectivity index is 0.000000262. The fourth-order valence-corrected chi connectivity index (χ4v) is 1.14. The topological polar surface area (TPSA) is 37.3 Å². The molecule has 0 aliphatic rings. The maximum atomic E-state index is 10.3. The first-order chi connectivity index (χ1) is 6.81. The molecule has 0 unspecified atom stereocenters. The third kappa shape index (κ3) is 10.8. The second-order valence-electron chi connectivity index (χ2n) is 4.35. The summed E-state index contributed by atoms with van der Waals surface area (Å²) in [5.74, 6) is 0.0255. The van der Waals surface area contributed by atoms with Gasteiger partial charge >= 0.3 is 0 Å². The van der Waals surface area contributed by atoms with Crippen molar-refractivity contribution < 1.29 is 9.90 Å². The highest BCUT2D eigenvalue weighted by atomic mass is 16.3. The Kier molecular flexibility index (Phi) is 5.87. The van der Waals surface area contributed by atoms with Crippen LogP contribution in [0.4, 0.5) is 0 Å². The van der Waals surface area contributed by atoms with Crippen LogP contribution in [-0.2, 0) is 4.79 Å². The summed E-state index contributed by atoms with van der Waals surface area (Å²) in [4.78, 5) is 10.3. The molecule has 0 aliphatic heterocycles. The van der Waals surface area contributed by atoms with Crippen molar-refractivity contribution in [1.29, 1.82) is 0 Å². The van der Waals surface area contributed by atoms with E-state index < -0.39 is 5.60 Å². The van der Waals surface area contributed by atoms with Crippen molar-refractivity contribution in [2.24, 2.45) is 0 Å². The molecule has 84 valence electrons. The van der Waals surface area contributed by atoms with Crippen molar-refractivity contribution in [3.63, 3.8) is 0 Å². The lowest BCUT2D eigenvalue weighted by molar-refractivity contribution is -0.120. The number of Topliss-reactive ketones (excluding diaryl/α,β-unsaturated/α-hetero) is 1. The van der Waals surface area contributed by atoms with E-state index in [0.717, 1.165) is 0 Å². The van der Waals surface area contributed by atoms with Gasteiger partial charge in [0.25, 0.3) is 0 Å². The molecule has 1 aromatic carbocycles. The summed E-state index contributed by atoms with van der Waals surface area (Å²) in [6.07, 6.45) is 0.243. The Labute approximate surface area is 91.9 Å². The smallest absolute Gasteiger partial charge is 0.132 e. The number of aliphatic hydroxyl groups is 1. The normalized spacial score (nSPS) is 10.2. The lowest BCUT2D eigenvalue weighted by atomic mass is 10.0. The average Bonchev–Trinajstić information content (AvgIpc) is 2.01. The van der Waals surface area contributed by atoms with E-state index in [0.29, 0.717) is 0 Å². The zero-order valence-electron chi connectivity index (χ0n) is 9.95. The van der Waals surface area contributed by atoms with Crippen LogP contribution < -0.4 is 0 Å². The van der Waals surface area contributed by atoms with Gasteiger partial charge in [0.1, 0.15) is 5.78 Å². The van der Waals surface area contributed by atoms with E-state index in [4.69, 9.17) is 5.11 Å². The monoisotopic (exact) mass is 208 g/mol. The zero-order chi connectivity index (χ0) is 11.9. The molecule has 2 nitrogen and oxygen atoms in total. The number of carbonyl (C=O) groups is 1. The molecule has 0 fully saturated rings. The Morgan fingerprint density at radius 3 is 1.87 bits per heavy atom. The van der Waals surface area contributed by atoms with Gasteiger partial charge in [-0.25, -0.2) is 0 Å². The van der Waals surface area contributed by atoms with E-state index >= 15 is 0 Å². The van der Waals surface area contributed by atoms with Gasteiger partial charge in [-0.1, -0.05) is 35.9 Å². The molecule has 0 radical (unpaired) electrons. The summed E-state index contributed by atoms with van der Waals surface area (Å²) < 4.78 is 0. The molecule has 0 bridgehead atoms. The summed E-state index contributed by atoms with van der Waals surface area (Å²) in [5, 5.41) is 8.97. The second kappa shape index (κ2) is 6.36. The molecule has 0 amide bonds. The van der Waals surface area contributed by atoms with Crippen molar-refractivity contribution in [3.05, 3.63) is 35.9 Å². The predicted molar refractivity (Wildman–Crippen MR) is 62.8 cm³/mol. The second-order valence-corrected chi connectivity index (χ2v) is 4.35. The standard InChI is InChI=1S/C7H8.C6H12O2/c1-7-5-3-2-4-6-7;1-5(7)4-6(2,3)8/h2-6H,1H3;8H,4H2,1-3H3. The molecule has 0 saturated heterocycles. The van der Waals surface area contributed by atoms with E-state index in [1.807, 2.05) is 18.2 Å². The molecule has 0 atom stereocenters. The number of benzene rings is 1. The number of rotatable bonds is 2. The highest BCUT2D eigenvalue weighted by molar-refractivity contribution is 5.76. The molecule has 1 N–H and O–H groups in total. The van der Waals surface area contributed by atoms with Crippen LogP contribution in [-0.4, -0.2) is 16.5 Å². The summed E-state index contributed by atoms with van der Waals surface area (Å²) in [6, 6.07) is 10.3. The summed E-state index contributed by atoms with van der Waals surface area (Å²) in [6.45, 7) is 6.79. The van der Waals surface area contributed by atoms with Crippen molar-refractivity contribution in [2.75, 3.05) is 0 Å². The summed E-state index contributed by atoms with van der Waals surface area (Å²) in [5.41, 5.74) is 0.494. The molecular weight excluding hydrogens is 188 g/mol. The van der Waals surface area contributed by atoms with Crippen LogP contribution in [0.1, 0.15) is 32.8 Å². The third-order valence-corrected chi connectivity index (χ3v) is 1.62. The van der Waals surface area contributed by atoms with E-state index in [2.05, 4.69) is 19.1 Å². The van der Waals surface area contributed by atoms with Gasteiger partial charge < -0.3 is 5.11 Å². The molecule has 0 saturated carbocycles. The number of carbonyl (C=O) groups excluding carboxylic acids is 1. The summed E-state index contributed by atoms with van der Waals surface area (Å²) in [7, 11) is 0. The van der Waals surface area contributed by atoms with E-state index in [9.17, 15) is 4.79 Å². The van der Waals surface area contributed by atoms with Gasteiger partial charge in [0.2, 0.25) is 0 Å². The van der Waals surface area contributed by atoms with Gasteiger partial charge in [-0.15, -0.1) is 0 Å². The Bertz CT molecular complexity index is 283. The highest BCUT2D eigenvalue weighted by Gasteiger charge is 2.13. The molecule has 1 rings (SSSR count). The fraction of sp³-hybridized carbons (Fsp3) is 0.462. The number of ketones is 1. The number of hydrogen-bond acceptors (Lipinski definition) is 2. The zero-order valence-corrected chi connectivity index (χ0v) is 9.95. The van der Waals surface area contributed by atoms with Crippen molar-refractivity contribution in [3.8, 4) is 0 Å². The van der Waals surface area contributed by atoms with Gasteiger partial charge in [-0.2, -0.15) is 0 Å². The van der Waals surface area contributed by atoms with Gasteiger partial charge in [0.05, 0.1) is 5.60 Å². The van der Waals surface area contributed by atoms with Crippen molar-refractivity contribution in [2.45, 2.75) is 39.7 Å². The lowest BCUT2D eigenvalue weighted by Gasteiger charge is -2.13. The van der Waals surface area contributed by atoms with Gasteiger partial charge in [-0.3, -0.25) is 4.79 Å². The third-order valence-electron chi connectivity index (χ3n) is 1.62. The average molecular weight is 208 g/mol. The van der Waals surface area contributed by atoms with Crippen LogP contribution in [0.25, 0.3) is 0 Å². The van der Waals surface area contributed by atoms with E-state index in [1.54, 1.807) is 13.8 Å². The summed E-state index contributed by atoms with van der Waals surface area (Å²) >= 11 is 0. The molecular formula is C13H20O2. The molecule has 0 aromatic heterocycles. The highest BCUT2D eigenvalue weighted by Crippen LogP contribution is 2.06. The molecule has 0 spiro atoms. The SMILES string of the molecule is CC(=O)CC(C)(C)O.Cc1ccccc1. The quantitative estimate of drug-likeness (QED) is 0.811. The Morgan fingerprint density at radius 1 is 1.27 bits per heavy atom. The molecule has 0 heterocycles. The lowest BCUT2D eigenvalue weighted by Crippen LogP contribution is -2.21. The van der Waals surface area contributed by atoms with Crippen LogP contribution >= 0.6 is 0 Å². The number of hydrogen-bond donors (Lipinski definition) is 1. The van der Waals surface area contributed by atoms with Crippen molar-refractivity contribution in [1.82, 2.24) is 0 Å². The maximum Gasteiger partial charge on any atom is 0.132 e. The predicted octanol–water partition coefficient (Wildman–Crippen LogP) is 2.73.